The number of hydrogen-bond donors (Lipinski definition) is 6. The highest BCUT2D eigenvalue weighted by Gasteiger charge is 2.17. The average Bonchev–Trinajstić information content (AvgIpc) is 3.33. The lowest BCUT2D eigenvalue weighted by atomic mass is 9.92. The molecular formula is C54H52F2N4O10. The summed E-state index contributed by atoms with van der Waals surface area (Å²) in [6.07, 6.45) is -3.06. The number of carboxylic acids is 2. The summed E-state index contributed by atoms with van der Waals surface area (Å²) < 4.78 is 54.1. The first-order valence-corrected chi connectivity index (χ1v) is 22.2. The Morgan fingerprint density at radius 1 is 0.543 bits per heavy atom. The number of carboxylic acid groups (broad SMARTS) is 2. The molecule has 0 fully saturated rings. The number of nitrogens with one attached hydrogen (secondary N) is 2. The van der Waals surface area contributed by atoms with Gasteiger partial charge in [0.25, 0.3) is 0 Å². The van der Waals surface area contributed by atoms with Crippen molar-refractivity contribution in [3.63, 3.8) is 0 Å². The minimum atomic E-state index is -1.13. The van der Waals surface area contributed by atoms with Gasteiger partial charge < -0.3 is 50.0 Å². The SMILES string of the molecule is Cc1c(COc2ccc(CNCC(O)CC(=O)O)c(OCc3cc(C#N)ccc3F)c2)cccc1-c1cccc(COc2ccc(CNCC(O)CC(=O)O)c(OCc3cc(C#N)ccc3F)c2)c1C. The van der Waals surface area contributed by atoms with Crippen LogP contribution in [0.25, 0.3) is 11.1 Å². The second-order valence-corrected chi connectivity index (χ2v) is 16.5. The maximum absolute atomic E-state index is 14.7. The van der Waals surface area contributed by atoms with E-state index in [0.29, 0.717) is 34.1 Å². The number of benzene rings is 6. The number of nitrogens with zero attached hydrogens (tertiary/aromatic N) is 2. The van der Waals surface area contributed by atoms with Crippen molar-refractivity contribution >= 4 is 11.9 Å². The van der Waals surface area contributed by atoms with Crippen molar-refractivity contribution in [1.29, 1.82) is 10.5 Å². The Bertz CT molecular complexity index is 2700. The third kappa shape index (κ3) is 14.6. The molecule has 0 aromatic heterocycles. The molecule has 16 heteroatoms. The topological polar surface area (TPSA) is 224 Å². The molecule has 0 saturated heterocycles. The summed E-state index contributed by atoms with van der Waals surface area (Å²) in [5.74, 6) is -1.67. The van der Waals surface area contributed by atoms with E-state index in [2.05, 4.69) is 10.6 Å². The molecule has 0 heterocycles. The minimum Gasteiger partial charge on any atom is -0.489 e. The number of aliphatic hydroxyl groups excluding tert-OH is 2. The average molecular weight is 955 g/mol. The molecule has 14 nitrogen and oxygen atoms in total. The summed E-state index contributed by atoms with van der Waals surface area (Å²) in [6, 6.07) is 34.3. The quantitative estimate of drug-likeness (QED) is 0.0319. The van der Waals surface area contributed by atoms with E-state index in [1.165, 1.54) is 36.4 Å². The lowest BCUT2D eigenvalue weighted by molar-refractivity contribution is -0.140. The van der Waals surface area contributed by atoms with Crippen LogP contribution in [0.5, 0.6) is 23.0 Å². The van der Waals surface area contributed by atoms with Crippen LogP contribution < -0.4 is 29.6 Å². The fourth-order valence-corrected chi connectivity index (χ4v) is 7.51. The van der Waals surface area contributed by atoms with Gasteiger partial charge in [-0.15, -0.1) is 0 Å². The molecule has 362 valence electrons. The van der Waals surface area contributed by atoms with Crippen LogP contribution in [0.3, 0.4) is 0 Å². The molecule has 0 aliphatic heterocycles. The van der Waals surface area contributed by atoms with Gasteiger partial charge in [-0.2, -0.15) is 10.5 Å². The van der Waals surface area contributed by atoms with E-state index >= 15 is 0 Å². The third-order valence-electron chi connectivity index (χ3n) is 11.4. The first-order valence-electron chi connectivity index (χ1n) is 22.2. The van der Waals surface area contributed by atoms with Gasteiger partial charge in [-0.05, 0) is 95.8 Å². The molecule has 0 saturated carbocycles. The normalized spacial score (nSPS) is 11.8. The van der Waals surface area contributed by atoms with Gasteiger partial charge in [0.05, 0.1) is 48.3 Å². The van der Waals surface area contributed by atoms with E-state index in [1.54, 1.807) is 36.4 Å². The van der Waals surface area contributed by atoms with E-state index in [4.69, 9.17) is 29.2 Å². The minimum absolute atomic E-state index is 0.0109. The van der Waals surface area contributed by atoms with Crippen molar-refractivity contribution in [2.24, 2.45) is 0 Å². The Hall–Kier alpha value is -7.86. The second kappa shape index (κ2) is 25.0. The van der Waals surface area contributed by atoms with Gasteiger partial charge in [-0.25, -0.2) is 8.78 Å². The van der Waals surface area contributed by atoms with E-state index in [1.807, 2.05) is 62.4 Å². The smallest absolute Gasteiger partial charge is 0.306 e. The predicted octanol–water partition coefficient (Wildman–Crippen LogP) is 8.16. The highest BCUT2D eigenvalue weighted by molar-refractivity contribution is 5.72. The summed E-state index contributed by atoms with van der Waals surface area (Å²) in [4.78, 5) is 22.0. The van der Waals surface area contributed by atoms with E-state index in [0.717, 1.165) is 33.4 Å². The fourth-order valence-electron chi connectivity index (χ4n) is 7.51. The molecule has 0 spiro atoms. The first kappa shape index (κ1) is 51.5. The summed E-state index contributed by atoms with van der Waals surface area (Å²) in [7, 11) is 0. The summed E-state index contributed by atoms with van der Waals surface area (Å²) >= 11 is 0. The number of carbonyl (C=O) groups is 2. The Kier molecular flexibility index (Phi) is 18.4. The van der Waals surface area contributed by atoms with Gasteiger partial charge >= 0.3 is 11.9 Å². The number of halogens is 2. The first-order chi connectivity index (χ1) is 33.7. The zero-order chi connectivity index (χ0) is 50.2. The highest BCUT2D eigenvalue weighted by Crippen LogP contribution is 2.33. The van der Waals surface area contributed by atoms with Crippen LogP contribution in [0.1, 0.15) is 68.5 Å². The van der Waals surface area contributed by atoms with Gasteiger partial charge in [0.1, 0.15) is 61.1 Å². The molecule has 6 aromatic carbocycles. The van der Waals surface area contributed by atoms with Crippen LogP contribution in [-0.2, 0) is 49.1 Å². The Labute approximate surface area is 403 Å². The van der Waals surface area contributed by atoms with Gasteiger partial charge in [0.2, 0.25) is 0 Å². The highest BCUT2D eigenvalue weighted by atomic mass is 19.1. The van der Waals surface area contributed by atoms with Crippen LogP contribution in [0, 0.1) is 48.1 Å². The van der Waals surface area contributed by atoms with Crippen molar-refractivity contribution in [1.82, 2.24) is 10.6 Å². The zero-order valence-electron chi connectivity index (χ0n) is 38.5. The van der Waals surface area contributed by atoms with Crippen molar-refractivity contribution in [2.75, 3.05) is 13.1 Å². The van der Waals surface area contributed by atoms with Crippen molar-refractivity contribution in [3.05, 3.63) is 176 Å². The van der Waals surface area contributed by atoms with Gasteiger partial charge in [0, 0.05) is 60.6 Å². The Balaban J connectivity index is 1.16. The molecular weight excluding hydrogens is 903 g/mol. The largest absolute Gasteiger partial charge is 0.489 e. The van der Waals surface area contributed by atoms with E-state index < -0.39 is 48.6 Å². The third-order valence-corrected chi connectivity index (χ3v) is 11.4. The maximum Gasteiger partial charge on any atom is 0.306 e. The molecule has 6 aromatic rings. The lowest BCUT2D eigenvalue weighted by Crippen LogP contribution is -2.28. The second-order valence-electron chi connectivity index (χ2n) is 16.5. The van der Waals surface area contributed by atoms with Gasteiger partial charge in [-0.1, -0.05) is 48.5 Å². The van der Waals surface area contributed by atoms with Crippen LogP contribution in [-0.4, -0.2) is 57.7 Å². The number of nitriles is 2. The molecule has 0 aliphatic carbocycles. The maximum atomic E-state index is 14.7. The molecule has 6 N–H and O–H groups in total. The monoisotopic (exact) mass is 954 g/mol. The van der Waals surface area contributed by atoms with Crippen LogP contribution >= 0.6 is 0 Å². The van der Waals surface area contributed by atoms with Gasteiger partial charge in [0.15, 0.2) is 0 Å². The van der Waals surface area contributed by atoms with Crippen molar-refractivity contribution in [3.8, 4) is 46.3 Å². The summed E-state index contributed by atoms with van der Waals surface area (Å²) in [6.45, 7) is 4.45. The van der Waals surface area contributed by atoms with Crippen molar-refractivity contribution < 1.29 is 57.7 Å². The van der Waals surface area contributed by atoms with Crippen LogP contribution in [0.2, 0.25) is 0 Å². The summed E-state index contributed by atoms with van der Waals surface area (Å²) in [5.41, 5.74) is 7.95. The predicted molar refractivity (Wildman–Crippen MR) is 254 cm³/mol. The summed E-state index contributed by atoms with van der Waals surface area (Å²) in [5, 5.41) is 62.9. The molecule has 0 aliphatic rings. The molecule has 0 bridgehead atoms. The standard InChI is InChI=1S/C54H52F2N4O10/c1-33-39(29-67-45-13-11-37(25-59-27-43(61)19-53(63)64)51(21-45)69-31-41-17-35(23-57)9-15-49(41)55)5-3-7-47(33)48-8-4-6-40(34(48)2)30-68-46-14-12-38(26-60-28-44(62)20-54(65)66)52(22-46)70-32-42-18-36(24-58)10-16-50(42)56/h3-18,21-22,43-44,59-62H,19-20,25-32H2,1-2H3,(H,63,64)(H,65,66). The van der Waals surface area contributed by atoms with E-state index in [-0.39, 0.29) is 74.9 Å². The van der Waals surface area contributed by atoms with E-state index in [9.17, 15) is 39.1 Å². The molecule has 0 amide bonds. The van der Waals surface area contributed by atoms with Crippen LogP contribution in [0.4, 0.5) is 8.78 Å². The fraction of sp³-hybridized carbons (Fsp3) is 0.259. The number of rotatable bonds is 25. The van der Waals surface area contributed by atoms with Crippen molar-refractivity contribution in [2.45, 2.75) is 78.4 Å². The number of aliphatic carboxylic acids is 2. The molecule has 0 radical (unpaired) electrons. The van der Waals surface area contributed by atoms with Crippen LogP contribution in [0.15, 0.2) is 109 Å². The zero-order valence-corrected chi connectivity index (χ0v) is 38.5. The Morgan fingerprint density at radius 2 is 0.943 bits per heavy atom. The molecule has 70 heavy (non-hydrogen) atoms. The van der Waals surface area contributed by atoms with Gasteiger partial charge in [-0.3, -0.25) is 9.59 Å². The molecule has 2 atom stereocenters. The molecule has 2 unspecified atom stereocenters. The number of ether oxygens (including phenoxy) is 4. The Morgan fingerprint density at radius 3 is 1.33 bits per heavy atom. The number of hydrogen-bond acceptors (Lipinski definition) is 12. The number of aliphatic hydroxyl groups is 2. The molecule has 6 rings (SSSR count). The lowest BCUT2D eigenvalue weighted by Gasteiger charge is -2.18.